The molecule has 0 spiro atoms. The molecule has 0 unspecified atom stereocenters. The number of hydrogen-bond acceptors (Lipinski definition) is 3. The summed E-state index contributed by atoms with van der Waals surface area (Å²) in [6, 6.07) is 13.5. The van der Waals surface area contributed by atoms with Crippen molar-refractivity contribution in [2.24, 2.45) is 11.8 Å². The third-order valence-corrected chi connectivity index (χ3v) is 5.88. The molecule has 1 N–H and O–H groups in total. The van der Waals surface area contributed by atoms with E-state index in [1.165, 1.54) is 19.1 Å². The molecule has 0 saturated heterocycles. The Morgan fingerprint density at radius 2 is 1.90 bits per heavy atom. The van der Waals surface area contributed by atoms with E-state index in [1.807, 2.05) is 37.3 Å². The maximum atomic E-state index is 14.0. The number of nitrogens with zero attached hydrogens (tertiary/aromatic N) is 1. The molecule has 1 fully saturated rings. The van der Waals surface area contributed by atoms with Gasteiger partial charge >= 0.3 is 6.09 Å². The Balaban J connectivity index is 1.59. The number of anilines is 1. The average Bonchev–Trinajstić information content (AvgIpc) is 3.53. The molecule has 1 saturated carbocycles. The molecule has 0 bridgehead atoms. The Labute approximate surface area is 169 Å². The zero-order valence-electron chi connectivity index (χ0n) is 16.6. The normalized spacial score (nSPS) is 23.3. The van der Waals surface area contributed by atoms with Gasteiger partial charge < -0.3 is 15.0 Å². The Bertz CT molecular complexity index is 914. The summed E-state index contributed by atoms with van der Waals surface area (Å²) in [6.07, 6.45) is 1.55. The van der Waals surface area contributed by atoms with Gasteiger partial charge in [0.25, 0.3) is 0 Å². The molecule has 2 aromatic rings. The molecule has 4 rings (SSSR count). The molecule has 1 aliphatic carbocycles. The highest BCUT2D eigenvalue weighted by Gasteiger charge is 2.48. The standard InChI is InChI=1S/C23H25FN2O3/c1-14-21(25-23(28)29-13-16-6-4-3-5-7-16)19-11-10-18(24)12-20(19)26(15(2)27)22(14)17-8-9-17/h3-7,10-12,14,17,21-22H,8-9,13H2,1-2H3,(H,25,28)/t14-,21-,22-/m1/s1. The summed E-state index contributed by atoms with van der Waals surface area (Å²) >= 11 is 0. The molecule has 5 nitrogen and oxygen atoms in total. The number of halogens is 1. The second-order valence-electron chi connectivity index (χ2n) is 7.96. The van der Waals surface area contributed by atoms with Gasteiger partial charge in [-0.3, -0.25) is 4.79 Å². The van der Waals surface area contributed by atoms with Crippen LogP contribution >= 0.6 is 0 Å². The first-order chi connectivity index (χ1) is 14.0. The van der Waals surface area contributed by atoms with Crippen molar-refractivity contribution in [3.8, 4) is 0 Å². The molecule has 2 aliphatic rings. The number of carbonyl (C=O) groups excluding carboxylic acids is 2. The fourth-order valence-electron chi connectivity index (χ4n) is 4.42. The summed E-state index contributed by atoms with van der Waals surface area (Å²) in [6.45, 7) is 3.72. The van der Waals surface area contributed by atoms with Gasteiger partial charge in [0.05, 0.1) is 11.7 Å². The van der Waals surface area contributed by atoms with Gasteiger partial charge in [-0.15, -0.1) is 0 Å². The van der Waals surface area contributed by atoms with Crippen molar-refractivity contribution in [3.05, 3.63) is 65.5 Å². The molecular formula is C23H25FN2O3. The molecule has 0 aromatic heterocycles. The van der Waals surface area contributed by atoms with Crippen LogP contribution < -0.4 is 10.2 Å². The molecule has 0 radical (unpaired) electrons. The van der Waals surface area contributed by atoms with Crippen LogP contribution in [0.2, 0.25) is 0 Å². The van der Waals surface area contributed by atoms with Gasteiger partial charge in [-0.05, 0) is 42.0 Å². The highest BCUT2D eigenvalue weighted by Crippen LogP contribution is 2.49. The van der Waals surface area contributed by atoms with Gasteiger partial charge in [0.2, 0.25) is 5.91 Å². The quantitative estimate of drug-likeness (QED) is 0.823. The second-order valence-corrected chi connectivity index (χ2v) is 7.96. The van der Waals surface area contributed by atoms with Crippen LogP contribution in [0.4, 0.5) is 14.9 Å². The van der Waals surface area contributed by atoms with Gasteiger partial charge in [0, 0.05) is 18.9 Å². The predicted octanol–water partition coefficient (Wildman–Crippen LogP) is 4.57. The number of benzene rings is 2. The summed E-state index contributed by atoms with van der Waals surface area (Å²) in [5.74, 6) is -0.154. The highest BCUT2D eigenvalue weighted by atomic mass is 19.1. The van der Waals surface area contributed by atoms with Gasteiger partial charge in [-0.25, -0.2) is 9.18 Å². The van der Waals surface area contributed by atoms with E-state index in [-0.39, 0.29) is 30.5 Å². The van der Waals surface area contributed by atoms with Crippen molar-refractivity contribution >= 4 is 17.7 Å². The van der Waals surface area contributed by atoms with Crippen molar-refractivity contribution < 1.29 is 18.7 Å². The highest BCUT2D eigenvalue weighted by molar-refractivity contribution is 5.94. The van der Waals surface area contributed by atoms with Crippen LogP contribution in [0, 0.1) is 17.7 Å². The van der Waals surface area contributed by atoms with Crippen LogP contribution in [0.5, 0.6) is 0 Å². The van der Waals surface area contributed by atoms with Crippen molar-refractivity contribution in [1.82, 2.24) is 5.32 Å². The van der Waals surface area contributed by atoms with Crippen LogP contribution in [-0.2, 0) is 16.1 Å². The summed E-state index contributed by atoms with van der Waals surface area (Å²) < 4.78 is 19.4. The minimum Gasteiger partial charge on any atom is -0.445 e. The number of nitrogens with one attached hydrogen (secondary N) is 1. The summed E-state index contributed by atoms with van der Waals surface area (Å²) in [5, 5.41) is 2.97. The van der Waals surface area contributed by atoms with Crippen LogP contribution in [0.3, 0.4) is 0 Å². The first-order valence-electron chi connectivity index (χ1n) is 10.0. The Kier molecular flexibility index (Phi) is 5.26. The predicted molar refractivity (Wildman–Crippen MR) is 108 cm³/mol. The second kappa shape index (κ2) is 7.85. The van der Waals surface area contributed by atoms with Crippen LogP contribution in [0.1, 0.15) is 43.9 Å². The van der Waals surface area contributed by atoms with Crippen molar-refractivity contribution in [2.75, 3.05) is 4.90 Å². The lowest BCUT2D eigenvalue weighted by molar-refractivity contribution is -0.117. The van der Waals surface area contributed by atoms with Crippen LogP contribution in [0.15, 0.2) is 48.5 Å². The largest absolute Gasteiger partial charge is 0.445 e. The minimum atomic E-state index is -0.521. The number of fused-ring (bicyclic) bond motifs is 1. The summed E-state index contributed by atoms with van der Waals surface area (Å²) in [5.41, 5.74) is 2.18. The molecule has 29 heavy (non-hydrogen) atoms. The van der Waals surface area contributed by atoms with Gasteiger partial charge in [0.1, 0.15) is 12.4 Å². The lowest BCUT2D eigenvalue weighted by Gasteiger charge is -2.45. The lowest BCUT2D eigenvalue weighted by atomic mass is 9.80. The molecule has 6 heteroatoms. The van der Waals surface area contributed by atoms with E-state index in [0.717, 1.165) is 24.0 Å². The van der Waals surface area contributed by atoms with E-state index < -0.39 is 11.9 Å². The van der Waals surface area contributed by atoms with Gasteiger partial charge in [-0.2, -0.15) is 0 Å². The molecule has 1 aliphatic heterocycles. The van der Waals surface area contributed by atoms with Crippen molar-refractivity contribution in [1.29, 1.82) is 0 Å². The number of carbonyl (C=O) groups is 2. The number of ether oxygens (including phenoxy) is 1. The van der Waals surface area contributed by atoms with Gasteiger partial charge in [0.15, 0.2) is 0 Å². The molecule has 152 valence electrons. The summed E-state index contributed by atoms with van der Waals surface area (Å²) in [7, 11) is 0. The third-order valence-electron chi connectivity index (χ3n) is 5.88. The number of hydrogen-bond donors (Lipinski definition) is 1. The molecule has 2 amide bonds. The van der Waals surface area contributed by atoms with E-state index >= 15 is 0 Å². The van der Waals surface area contributed by atoms with Crippen LogP contribution in [-0.4, -0.2) is 18.0 Å². The minimum absolute atomic E-state index is 0.0198. The van der Waals surface area contributed by atoms with Gasteiger partial charge in [-0.1, -0.05) is 43.3 Å². The Morgan fingerprint density at radius 1 is 1.17 bits per heavy atom. The monoisotopic (exact) mass is 396 g/mol. The Morgan fingerprint density at radius 3 is 2.55 bits per heavy atom. The Hall–Kier alpha value is -2.89. The van der Waals surface area contributed by atoms with E-state index in [4.69, 9.17) is 4.74 Å². The maximum Gasteiger partial charge on any atom is 0.407 e. The molecule has 3 atom stereocenters. The zero-order chi connectivity index (χ0) is 20.5. The zero-order valence-corrected chi connectivity index (χ0v) is 16.6. The first kappa shape index (κ1) is 19.4. The fourth-order valence-corrected chi connectivity index (χ4v) is 4.42. The fraction of sp³-hybridized carbons (Fsp3) is 0.391. The first-order valence-corrected chi connectivity index (χ1v) is 10.0. The molecule has 2 aromatic carbocycles. The van der Waals surface area contributed by atoms with E-state index in [2.05, 4.69) is 5.32 Å². The van der Waals surface area contributed by atoms with Crippen LogP contribution in [0.25, 0.3) is 0 Å². The maximum absolute atomic E-state index is 14.0. The van der Waals surface area contributed by atoms with E-state index in [1.54, 1.807) is 11.0 Å². The van der Waals surface area contributed by atoms with E-state index in [9.17, 15) is 14.0 Å². The summed E-state index contributed by atoms with van der Waals surface area (Å²) in [4.78, 5) is 26.7. The van der Waals surface area contributed by atoms with E-state index in [0.29, 0.717) is 11.6 Å². The lowest BCUT2D eigenvalue weighted by Crippen LogP contribution is -2.53. The number of rotatable bonds is 4. The third kappa shape index (κ3) is 3.97. The average molecular weight is 396 g/mol. The topological polar surface area (TPSA) is 58.6 Å². The van der Waals surface area contributed by atoms with Crippen molar-refractivity contribution in [3.63, 3.8) is 0 Å². The SMILES string of the molecule is CC(=O)N1c2cc(F)ccc2[C@H](NC(=O)OCc2ccccc2)[C@@H](C)[C@@H]1C1CC1. The number of alkyl carbamates (subject to hydrolysis) is 1. The smallest absolute Gasteiger partial charge is 0.407 e. The molecule has 1 heterocycles. The van der Waals surface area contributed by atoms with Crippen molar-refractivity contribution in [2.45, 2.75) is 45.4 Å². The molecular weight excluding hydrogens is 371 g/mol. The number of amides is 2.